The highest BCUT2D eigenvalue weighted by atomic mass is 16.1. The Bertz CT molecular complexity index is 341. The Labute approximate surface area is 95.5 Å². The van der Waals surface area contributed by atoms with Crippen molar-refractivity contribution in [3.8, 4) is 0 Å². The Morgan fingerprint density at radius 1 is 1.56 bits per heavy atom. The van der Waals surface area contributed by atoms with Gasteiger partial charge in [-0.15, -0.1) is 0 Å². The molecule has 0 spiro atoms. The maximum atomic E-state index is 11.1. The second-order valence-electron chi connectivity index (χ2n) is 3.99. The molecule has 1 heterocycles. The van der Waals surface area contributed by atoms with Crippen molar-refractivity contribution in [2.24, 2.45) is 5.73 Å². The van der Waals surface area contributed by atoms with Crippen molar-refractivity contribution in [1.82, 2.24) is 15.3 Å². The van der Waals surface area contributed by atoms with E-state index in [0.717, 1.165) is 18.7 Å². The summed E-state index contributed by atoms with van der Waals surface area (Å²) < 4.78 is 0. The summed E-state index contributed by atoms with van der Waals surface area (Å²) >= 11 is 0. The van der Waals surface area contributed by atoms with E-state index in [1.165, 1.54) is 0 Å². The molecule has 0 aliphatic rings. The molecule has 1 rings (SSSR count). The van der Waals surface area contributed by atoms with E-state index >= 15 is 0 Å². The third-order valence-corrected chi connectivity index (χ3v) is 2.42. The van der Waals surface area contributed by atoms with Gasteiger partial charge in [-0.05, 0) is 19.9 Å². The fourth-order valence-electron chi connectivity index (χ4n) is 1.58. The molecule has 88 valence electrons. The van der Waals surface area contributed by atoms with Gasteiger partial charge in [0.05, 0.1) is 23.9 Å². The van der Waals surface area contributed by atoms with Crippen LogP contribution in [0.5, 0.6) is 0 Å². The first-order valence-electron chi connectivity index (χ1n) is 5.38. The molecule has 0 aliphatic heterocycles. The van der Waals surface area contributed by atoms with E-state index in [1.807, 2.05) is 6.92 Å². The molecule has 1 amide bonds. The lowest BCUT2D eigenvalue weighted by Gasteiger charge is -2.28. The number of rotatable bonds is 6. The Hall–Kier alpha value is -1.49. The third kappa shape index (κ3) is 3.27. The van der Waals surface area contributed by atoms with Gasteiger partial charge in [0.1, 0.15) is 0 Å². The number of amides is 1. The molecular weight excluding hydrogens is 204 g/mol. The van der Waals surface area contributed by atoms with Gasteiger partial charge in [-0.1, -0.05) is 6.92 Å². The highest BCUT2D eigenvalue weighted by Gasteiger charge is 2.29. The molecule has 1 unspecified atom stereocenters. The van der Waals surface area contributed by atoms with Crippen molar-refractivity contribution in [2.75, 3.05) is 6.54 Å². The zero-order valence-corrected chi connectivity index (χ0v) is 9.73. The number of nitrogens with two attached hydrogens (primary N) is 1. The summed E-state index contributed by atoms with van der Waals surface area (Å²) in [5.74, 6) is -0.350. The highest BCUT2D eigenvalue weighted by molar-refractivity contribution is 5.75. The van der Waals surface area contributed by atoms with Crippen LogP contribution >= 0.6 is 0 Å². The largest absolute Gasteiger partial charge is 0.370 e. The van der Waals surface area contributed by atoms with Crippen molar-refractivity contribution in [1.29, 1.82) is 0 Å². The van der Waals surface area contributed by atoms with Gasteiger partial charge in [0.2, 0.25) is 5.91 Å². The van der Waals surface area contributed by atoms with E-state index in [-0.39, 0.29) is 12.3 Å². The summed E-state index contributed by atoms with van der Waals surface area (Å²) in [7, 11) is 0. The summed E-state index contributed by atoms with van der Waals surface area (Å²) in [4.78, 5) is 19.3. The monoisotopic (exact) mass is 222 g/mol. The van der Waals surface area contributed by atoms with E-state index in [1.54, 1.807) is 18.6 Å². The topological polar surface area (TPSA) is 80.9 Å². The van der Waals surface area contributed by atoms with Crippen LogP contribution < -0.4 is 11.1 Å². The van der Waals surface area contributed by atoms with Crippen LogP contribution in [0.4, 0.5) is 0 Å². The molecule has 5 nitrogen and oxygen atoms in total. The van der Waals surface area contributed by atoms with Crippen LogP contribution in [0.15, 0.2) is 18.6 Å². The normalized spacial score (nSPS) is 14.4. The number of hydrogen-bond donors (Lipinski definition) is 2. The quantitative estimate of drug-likeness (QED) is 0.737. The van der Waals surface area contributed by atoms with Crippen LogP contribution in [0.25, 0.3) is 0 Å². The number of carbonyl (C=O) groups is 1. The first kappa shape index (κ1) is 12.6. The minimum absolute atomic E-state index is 0.214. The summed E-state index contributed by atoms with van der Waals surface area (Å²) in [5.41, 5.74) is 5.47. The maximum Gasteiger partial charge on any atom is 0.219 e. The Morgan fingerprint density at radius 3 is 2.81 bits per heavy atom. The van der Waals surface area contributed by atoms with Crippen LogP contribution in [-0.4, -0.2) is 22.4 Å². The predicted octanol–water partition coefficient (Wildman–Crippen LogP) is 0.567. The molecule has 0 aliphatic carbocycles. The molecule has 16 heavy (non-hydrogen) atoms. The first-order chi connectivity index (χ1) is 7.58. The molecule has 1 atom stereocenters. The zero-order valence-electron chi connectivity index (χ0n) is 9.73. The van der Waals surface area contributed by atoms with Gasteiger partial charge in [0.15, 0.2) is 0 Å². The molecule has 1 aromatic heterocycles. The Balaban J connectivity index is 2.90. The Morgan fingerprint density at radius 2 is 2.31 bits per heavy atom. The van der Waals surface area contributed by atoms with E-state index in [0.29, 0.717) is 0 Å². The second-order valence-corrected chi connectivity index (χ2v) is 3.99. The standard InChI is InChI=1S/C11H18N4O/c1-3-4-15-11(2,7-10(12)16)9-8-13-5-6-14-9/h5-6,8,15H,3-4,7H2,1-2H3,(H2,12,16). The van der Waals surface area contributed by atoms with E-state index in [4.69, 9.17) is 5.73 Å². The summed E-state index contributed by atoms with van der Waals surface area (Å²) in [6, 6.07) is 0. The van der Waals surface area contributed by atoms with Crippen LogP contribution in [0.1, 0.15) is 32.4 Å². The predicted molar refractivity (Wildman–Crippen MR) is 61.5 cm³/mol. The molecule has 0 aromatic carbocycles. The second kappa shape index (κ2) is 5.55. The van der Waals surface area contributed by atoms with E-state index in [2.05, 4.69) is 22.2 Å². The number of nitrogens with one attached hydrogen (secondary N) is 1. The van der Waals surface area contributed by atoms with Gasteiger partial charge < -0.3 is 11.1 Å². The average Bonchev–Trinajstić information content (AvgIpc) is 2.27. The lowest BCUT2D eigenvalue weighted by atomic mass is 9.93. The number of aromatic nitrogens is 2. The van der Waals surface area contributed by atoms with E-state index < -0.39 is 5.54 Å². The smallest absolute Gasteiger partial charge is 0.219 e. The third-order valence-electron chi connectivity index (χ3n) is 2.42. The fourth-order valence-corrected chi connectivity index (χ4v) is 1.58. The molecule has 0 radical (unpaired) electrons. The van der Waals surface area contributed by atoms with Gasteiger partial charge in [0, 0.05) is 12.4 Å². The molecule has 0 saturated heterocycles. The van der Waals surface area contributed by atoms with Gasteiger partial charge in [-0.3, -0.25) is 14.8 Å². The lowest BCUT2D eigenvalue weighted by Crippen LogP contribution is -2.43. The molecule has 0 fully saturated rings. The summed E-state index contributed by atoms with van der Waals surface area (Å²) in [6.45, 7) is 4.78. The minimum atomic E-state index is -0.532. The molecule has 0 saturated carbocycles. The number of hydrogen-bond acceptors (Lipinski definition) is 4. The van der Waals surface area contributed by atoms with Crippen molar-refractivity contribution < 1.29 is 4.79 Å². The lowest BCUT2D eigenvalue weighted by molar-refractivity contribution is -0.119. The molecule has 1 aromatic rings. The van der Waals surface area contributed by atoms with Crippen LogP contribution in [-0.2, 0) is 10.3 Å². The van der Waals surface area contributed by atoms with Gasteiger partial charge in [-0.25, -0.2) is 0 Å². The maximum absolute atomic E-state index is 11.1. The molecule has 3 N–H and O–H groups in total. The molecule has 5 heteroatoms. The van der Waals surface area contributed by atoms with Crippen molar-refractivity contribution >= 4 is 5.91 Å². The number of nitrogens with zero attached hydrogens (tertiary/aromatic N) is 2. The minimum Gasteiger partial charge on any atom is -0.370 e. The fraction of sp³-hybridized carbons (Fsp3) is 0.545. The first-order valence-corrected chi connectivity index (χ1v) is 5.38. The van der Waals surface area contributed by atoms with Crippen molar-refractivity contribution in [3.05, 3.63) is 24.3 Å². The van der Waals surface area contributed by atoms with Gasteiger partial charge in [-0.2, -0.15) is 0 Å². The molecular formula is C11H18N4O. The zero-order chi connectivity index (χ0) is 12.0. The summed E-state index contributed by atoms with van der Waals surface area (Å²) in [6.07, 6.45) is 6.07. The van der Waals surface area contributed by atoms with Gasteiger partial charge in [0.25, 0.3) is 0 Å². The average molecular weight is 222 g/mol. The molecule has 0 bridgehead atoms. The summed E-state index contributed by atoms with van der Waals surface area (Å²) in [5, 5.41) is 3.29. The Kier molecular flexibility index (Phi) is 4.37. The number of primary amides is 1. The van der Waals surface area contributed by atoms with Crippen molar-refractivity contribution in [2.45, 2.75) is 32.2 Å². The van der Waals surface area contributed by atoms with Gasteiger partial charge >= 0.3 is 0 Å². The number of carbonyl (C=O) groups excluding carboxylic acids is 1. The van der Waals surface area contributed by atoms with Crippen LogP contribution in [0.3, 0.4) is 0 Å². The van der Waals surface area contributed by atoms with E-state index in [9.17, 15) is 4.79 Å². The highest BCUT2D eigenvalue weighted by Crippen LogP contribution is 2.21. The SMILES string of the molecule is CCCNC(C)(CC(N)=O)c1cnccn1. The van der Waals surface area contributed by atoms with Crippen LogP contribution in [0.2, 0.25) is 0 Å². The van der Waals surface area contributed by atoms with Crippen LogP contribution in [0, 0.1) is 0 Å². The van der Waals surface area contributed by atoms with Crippen molar-refractivity contribution in [3.63, 3.8) is 0 Å².